The molecular formula is C16H21N3. The molecule has 0 amide bonds. The van der Waals surface area contributed by atoms with Crippen LogP contribution in [0.25, 0.3) is 0 Å². The largest absolute Gasteiger partial charge is 0.338 e. The Morgan fingerprint density at radius 1 is 0.947 bits per heavy atom. The molecule has 1 aromatic heterocycles. The maximum absolute atomic E-state index is 2.46. The monoisotopic (exact) mass is 255 g/mol. The van der Waals surface area contributed by atoms with Crippen LogP contribution in [0.2, 0.25) is 0 Å². The molecule has 0 saturated heterocycles. The summed E-state index contributed by atoms with van der Waals surface area (Å²) in [7, 11) is 4.31. The molecule has 1 atom stereocenters. The minimum Gasteiger partial charge on any atom is -0.338 e. The molecule has 2 heterocycles. The number of nitrogens with zero attached hydrogens (tertiary/aromatic N) is 3. The SMILES string of the molecule is CC1N(C)Cc2ccccc2CN1c1cccn1C. The zero-order chi connectivity index (χ0) is 13.4. The van der Waals surface area contributed by atoms with Crippen molar-refractivity contribution in [3.05, 3.63) is 53.7 Å². The van der Waals surface area contributed by atoms with E-state index < -0.39 is 0 Å². The summed E-state index contributed by atoms with van der Waals surface area (Å²) >= 11 is 0. The zero-order valence-corrected chi connectivity index (χ0v) is 11.9. The third-order valence-electron chi connectivity index (χ3n) is 4.18. The second kappa shape index (κ2) is 4.74. The molecule has 0 aliphatic carbocycles. The van der Waals surface area contributed by atoms with E-state index in [-0.39, 0.29) is 0 Å². The smallest absolute Gasteiger partial charge is 0.109 e. The standard InChI is InChI=1S/C16H21N3/c1-13-18(3)11-14-7-4-5-8-15(14)12-19(13)16-9-6-10-17(16)2/h4-10,13H,11-12H2,1-3H3. The second-order valence-electron chi connectivity index (χ2n) is 5.42. The van der Waals surface area contributed by atoms with Gasteiger partial charge in [0.2, 0.25) is 0 Å². The van der Waals surface area contributed by atoms with Gasteiger partial charge < -0.3 is 9.47 Å². The molecule has 1 aromatic carbocycles. The van der Waals surface area contributed by atoms with Crippen LogP contribution in [0.5, 0.6) is 0 Å². The molecule has 1 aliphatic heterocycles. The lowest BCUT2D eigenvalue weighted by molar-refractivity contribution is 0.246. The van der Waals surface area contributed by atoms with Crippen molar-refractivity contribution in [2.24, 2.45) is 7.05 Å². The Morgan fingerprint density at radius 2 is 1.63 bits per heavy atom. The minimum atomic E-state index is 0.390. The van der Waals surface area contributed by atoms with Gasteiger partial charge in [-0.25, -0.2) is 0 Å². The fourth-order valence-electron chi connectivity index (χ4n) is 2.84. The first kappa shape index (κ1) is 12.3. The van der Waals surface area contributed by atoms with Crippen molar-refractivity contribution in [1.82, 2.24) is 9.47 Å². The molecule has 3 rings (SSSR count). The van der Waals surface area contributed by atoms with Crippen molar-refractivity contribution in [3.63, 3.8) is 0 Å². The molecule has 0 spiro atoms. The molecule has 0 bridgehead atoms. The van der Waals surface area contributed by atoms with Gasteiger partial charge in [0.05, 0.1) is 6.17 Å². The Morgan fingerprint density at radius 3 is 2.26 bits per heavy atom. The van der Waals surface area contributed by atoms with E-state index in [0.29, 0.717) is 6.17 Å². The van der Waals surface area contributed by atoms with Crippen LogP contribution in [0.1, 0.15) is 18.1 Å². The van der Waals surface area contributed by atoms with Crippen molar-refractivity contribution in [2.45, 2.75) is 26.2 Å². The number of benzene rings is 1. The van der Waals surface area contributed by atoms with Gasteiger partial charge in [0.1, 0.15) is 5.82 Å². The van der Waals surface area contributed by atoms with Crippen LogP contribution in [0.3, 0.4) is 0 Å². The Bertz CT molecular complexity index is 573. The first-order chi connectivity index (χ1) is 9.16. The third kappa shape index (κ3) is 2.15. The first-order valence-electron chi connectivity index (χ1n) is 6.82. The normalized spacial score (nSPS) is 20.2. The number of rotatable bonds is 1. The van der Waals surface area contributed by atoms with Crippen molar-refractivity contribution in [3.8, 4) is 0 Å². The van der Waals surface area contributed by atoms with Crippen molar-refractivity contribution < 1.29 is 0 Å². The highest BCUT2D eigenvalue weighted by Gasteiger charge is 2.25. The number of hydrogen-bond donors (Lipinski definition) is 0. The second-order valence-corrected chi connectivity index (χ2v) is 5.42. The molecular weight excluding hydrogens is 234 g/mol. The van der Waals surface area contributed by atoms with E-state index in [1.807, 2.05) is 0 Å². The Hall–Kier alpha value is -1.74. The number of aryl methyl sites for hydroxylation is 1. The molecule has 0 fully saturated rings. The predicted molar refractivity (Wildman–Crippen MR) is 79.0 cm³/mol. The van der Waals surface area contributed by atoms with Crippen LogP contribution in [-0.4, -0.2) is 22.7 Å². The van der Waals surface area contributed by atoms with Gasteiger partial charge in [0.15, 0.2) is 0 Å². The lowest BCUT2D eigenvalue weighted by Crippen LogP contribution is -2.42. The van der Waals surface area contributed by atoms with Gasteiger partial charge in [-0.1, -0.05) is 24.3 Å². The topological polar surface area (TPSA) is 11.4 Å². The number of fused-ring (bicyclic) bond motifs is 1. The highest BCUT2D eigenvalue weighted by molar-refractivity contribution is 5.44. The molecule has 19 heavy (non-hydrogen) atoms. The minimum absolute atomic E-state index is 0.390. The summed E-state index contributed by atoms with van der Waals surface area (Å²) in [6.07, 6.45) is 2.50. The quantitative estimate of drug-likeness (QED) is 0.776. The molecule has 0 saturated carbocycles. The lowest BCUT2D eigenvalue weighted by Gasteiger charge is -2.34. The molecule has 1 aliphatic rings. The summed E-state index contributed by atoms with van der Waals surface area (Å²) in [5, 5.41) is 0. The Kier molecular flexibility index (Phi) is 3.07. The summed E-state index contributed by atoms with van der Waals surface area (Å²) in [5.74, 6) is 1.27. The van der Waals surface area contributed by atoms with Gasteiger partial charge in [-0.05, 0) is 37.2 Å². The average molecular weight is 255 g/mol. The van der Waals surface area contributed by atoms with E-state index in [1.54, 1.807) is 0 Å². The average Bonchev–Trinajstić information content (AvgIpc) is 2.77. The molecule has 1 unspecified atom stereocenters. The van der Waals surface area contributed by atoms with Crippen LogP contribution >= 0.6 is 0 Å². The van der Waals surface area contributed by atoms with Crippen LogP contribution < -0.4 is 4.90 Å². The number of hydrogen-bond acceptors (Lipinski definition) is 2. The lowest BCUT2D eigenvalue weighted by atomic mass is 10.1. The number of anilines is 1. The molecule has 0 N–H and O–H groups in total. The van der Waals surface area contributed by atoms with E-state index in [9.17, 15) is 0 Å². The van der Waals surface area contributed by atoms with Crippen molar-refractivity contribution >= 4 is 5.82 Å². The van der Waals surface area contributed by atoms with E-state index in [2.05, 4.69) is 78.0 Å². The maximum Gasteiger partial charge on any atom is 0.109 e. The summed E-state index contributed by atoms with van der Waals surface area (Å²) in [4.78, 5) is 4.87. The van der Waals surface area contributed by atoms with E-state index in [4.69, 9.17) is 0 Å². The first-order valence-corrected chi connectivity index (χ1v) is 6.82. The maximum atomic E-state index is 2.46. The summed E-state index contributed by atoms with van der Waals surface area (Å²) in [5.41, 5.74) is 2.87. The van der Waals surface area contributed by atoms with Gasteiger partial charge >= 0.3 is 0 Å². The van der Waals surface area contributed by atoms with Crippen molar-refractivity contribution in [2.75, 3.05) is 11.9 Å². The molecule has 0 radical (unpaired) electrons. The summed E-state index contributed by atoms with van der Waals surface area (Å²) in [6, 6.07) is 13.1. The Labute approximate surface area is 115 Å². The highest BCUT2D eigenvalue weighted by Crippen LogP contribution is 2.27. The van der Waals surface area contributed by atoms with Crippen LogP contribution in [0.4, 0.5) is 5.82 Å². The van der Waals surface area contributed by atoms with E-state index in [1.165, 1.54) is 16.9 Å². The zero-order valence-electron chi connectivity index (χ0n) is 11.9. The van der Waals surface area contributed by atoms with E-state index in [0.717, 1.165) is 13.1 Å². The molecule has 2 aromatic rings. The summed E-state index contributed by atoms with van der Waals surface area (Å²) in [6.45, 7) is 4.26. The van der Waals surface area contributed by atoms with Crippen molar-refractivity contribution in [1.29, 1.82) is 0 Å². The van der Waals surface area contributed by atoms with Gasteiger partial charge in [-0.3, -0.25) is 4.90 Å². The highest BCUT2D eigenvalue weighted by atomic mass is 15.4. The van der Waals surface area contributed by atoms with Gasteiger partial charge in [0, 0.05) is 26.3 Å². The number of aromatic nitrogens is 1. The molecule has 3 heteroatoms. The van der Waals surface area contributed by atoms with Gasteiger partial charge in [0.25, 0.3) is 0 Å². The molecule has 3 nitrogen and oxygen atoms in total. The van der Waals surface area contributed by atoms with E-state index >= 15 is 0 Å². The Balaban J connectivity index is 2.03. The molecule has 100 valence electrons. The fraction of sp³-hybridized carbons (Fsp3) is 0.375. The van der Waals surface area contributed by atoms with Gasteiger partial charge in [-0.15, -0.1) is 0 Å². The van der Waals surface area contributed by atoms with Crippen LogP contribution in [-0.2, 0) is 20.1 Å². The third-order valence-corrected chi connectivity index (χ3v) is 4.18. The fourth-order valence-corrected chi connectivity index (χ4v) is 2.84. The summed E-state index contributed by atoms with van der Waals surface area (Å²) < 4.78 is 2.19. The van der Waals surface area contributed by atoms with Gasteiger partial charge in [-0.2, -0.15) is 0 Å². The van der Waals surface area contributed by atoms with Crippen LogP contribution in [0.15, 0.2) is 42.6 Å². The van der Waals surface area contributed by atoms with Crippen LogP contribution in [0, 0.1) is 0 Å². The predicted octanol–water partition coefficient (Wildman–Crippen LogP) is 2.82.